The van der Waals surface area contributed by atoms with Crippen molar-refractivity contribution in [3.05, 3.63) is 30.3 Å². The number of benzene rings is 1. The number of anilines is 1. The van der Waals surface area contributed by atoms with Crippen molar-refractivity contribution in [2.45, 2.75) is 44.6 Å². The maximum absolute atomic E-state index is 6.12. The first-order chi connectivity index (χ1) is 9.36. The van der Waals surface area contributed by atoms with E-state index in [0.717, 1.165) is 12.5 Å². The third-order valence-electron chi connectivity index (χ3n) is 4.50. The van der Waals surface area contributed by atoms with Gasteiger partial charge in [-0.1, -0.05) is 43.9 Å². The van der Waals surface area contributed by atoms with Gasteiger partial charge in [0.25, 0.3) is 0 Å². The summed E-state index contributed by atoms with van der Waals surface area (Å²) in [7, 11) is 0. The molecule has 1 aliphatic carbocycles. The van der Waals surface area contributed by atoms with Crippen molar-refractivity contribution in [3.63, 3.8) is 0 Å². The molecule has 1 heterocycles. The molecule has 0 bridgehead atoms. The molecule has 1 aliphatic heterocycles. The molecule has 1 aromatic rings. The number of para-hydroxylation sites is 1. The minimum atomic E-state index is 0.473. The van der Waals surface area contributed by atoms with Gasteiger partial charge < -0.3 is 10.6 Å². The first-order valence-corrected chi connectivity index (χ1v) is 7.50. The van der Waals surface area contributed by atoms with Crippen LogP contribution in [0, 0.1) is 5.92 Å². The van der Waals surface area contributed by atoms with E-state index in [1.165, 1.54) is 44.2 Å². The number of guanidine groups is 1. The summed E-state index contributed by atoms with van der Waals surface area (Å²) in [6.45, 7) is 0.866. The SMILES string of the molecule is NC1=NCC(C2CCCCCC2)N1c1ccccc1. The summed E-state index contributed by atoms with van der Waals surface area (Å²) in [6.07, 6.45) is 8.18. The van der Waals surface area contributed by atoms with E-state index < -0.39 is 0 Å². The number of aliphatic imine (C=N–C) groups is 1. The van der Waals surface area contributed by atoms with Crippen LogP contribution in [-0.2, 0) is 0 Å². The van der Waals surface area contributed by atoms with Gasteiger partial charge in [-0.2, -0.15) is 0 Å². The van der Waals surface area contributed by atoms with Crippen LogP contribution in [0.4, 0.5) is 5.69 Å². The summed E-state index contributed by atoms with van der Waals surface area (Å²) >= 11 is 0. The van der Waals surface area contributed by atoms with Gasteiger partial charge in [0.1, 0.15) is 0 Å². The van der Waals surface area contributed by atoms with Crippen LogP contribution >= 0.6 is 0 Å². The summed E-state index contributed by atoms with van der Waals surface area (Å²) in [5.41, 5.74) is 7.31. The Morgan fingerprint density at radius 2 is 1.68 bits per heavy atom. The van der Waals surface area contributed by atoms with Gasteiger partial charge >= 0.3 is 0 Å². The molecule has 3 heteroatoms. The molecule has 0 aromatic heterocycles. The van der Waals surface area contributed by atoms with Crippen LogP contribution in [0.15, 0.2) is 35.3 Å². The van der Waals surface area contributed by atoms with Crippen molar-refractivity contribution in [2.24, 2.45) is 16.6 Å². The maximum Gasteiger partial charge on any atom is 0.196 e. The minimum Gasteiger partial charge on any atom is -0.370 e. The summed E-state index contributed by atoms with van der Waals surface area (Å²) in [6, 6.07) is 10.9. The van der Waals surface area contributed by atoms with Crippen LogP contribution < -0.4 is 10.6 Å². The van der Waals surface area contributed by atoms with Crippen molar-refractivity contribution < 1.29 is 0 Å². The Morgan fingerprint density at radius 1 is 1.00 bits per heavy atom. The van der Waals surface area contributed by atoms with E-state index in [4.69, 9.17) is 5.73 Å². The van der Waals surface area contributed by atoms with Crippen molar-refractivity contribution in [1.82, 2.24) is 0 Å². The lowest BCUT2D eigenvalue weighted by atomic mass is 9.91. The zero-order valence-electron chi connectivity index (χ0n) is 11.5. The molecule has 1 atom stereocenters. The van der Waals surface area contributed by atoms with E-state index >= 15 is 0 Å². The molecule has 0 saturated heterocycles. The van der Waals surface area contributed by atoms with Crippen LogP contribution in [0.2, 0.25) is 0 Å². The Balaban J connectivity index is 1.81. The van der Waals surface area contributed by atoms with Crippen molar-refractivity contribution in [1.29, 1.82) is 0 Å². The zero-order valence-corrected chi connectivity index (χ0v) is 11.5. The monoisotopic (exact) mass is 257 g/mol. The fraction of sp³-hybridized carbons (Fsp3) is 0.562. The lowest BCUT2D eigenvalue weighted by molar-refractivity contribution is 0.389. The highest BCUT2D eigenvalue weighted by atomic mass is 15.3. The quantitative estimate of drug-likeness (QED) is 0.827. The van der Waals surface area contributed by atoms with Crippen molar-refractivity contribution in [3.8, 4) is 0 Å². The Kier molecular flexibility index (Phi) is 3.72. The van der Waals surface area contributed by atoms with Crippen LogP contribution in [0.3, 0.4) is 0 Å². The van der Waals surface area contributed by atoms with E-state index in [2.05, 4.69) is 34.2 Å². The highest BCUT2D eigenvalue weighted by Crippen LogP contribution is 2.32. The topological polar surface area (TPSA) is 41.6 Å². The molecule has 2 N–H and O–H groups in total. The lowest BCUT2D eigenvalue weighted by Gasteiger charge is -2.32. The first-order valence-electron chi connectivity index (χ1n) is 7.50. The molecule has 1 fully saturated rings. The summed E-state index contributed by atoms with van der Waals surface area (Å²) in [4.78, 5) is 6.76. The third-order valence-corrected chi connectivity index (χ3v) is 4.50. The Hall–Kier alpha value is -1.51. The van der Waals surface area contributed by atoms with Gasteiger partial charge in [0.2, 0.25) is 0 Å². The smallest absolute Gasteiger partial charge is 0.196 e. The van der Waals surface area contributed by atoms with Crippen molar-refractivity contribution >= 4 is 11.6 Å². The summed E-state index contributed by atoms with van der Waals surface area (Å²) < 4.78 is 0. The Morgan fingerprint density at radius 3 is 2.37 bits per heavy atom. The lowest BCUT2D eigenvalue weighted by Crippen LogP contribution is -2.44. The molecule has 0 amide bonds. The molecule has 1 aromatic carbocycles. The minimum absolute atomic E-state index is 0.473. The number of nitrogens with two attached hydrogens (primary N) is 1. The van der Waals surface area contributed by atoms with E-state index in [9.17, 15) is 0 Å². The molecule has 102 valence electrons. The fourth-order valence-corrected chi connectivity index (χ4v) is 3.48. The number of rotatable bonds is 2. The number of hydrogen-bond acceptors (Lipinski definition) is 3. The van der Waals surface area contributed by atoms with E-state index in [-0.39, 0.29) is 0 Å². The largest absolute Gasteiger partial charge is 0.370 e. The molecule has 19 heavy (non-hydrogen) atoms. The molecule has 0 spiro atoms. The van der Waals surface area contributed by atoms with Crippen LogP contribution in [0.25, 0.3) is 0 Å². The zero-order chi connectivity index (χ0) is 13.1. The third kappa shape index (κ3) is 2.60. The van der Waals surface area contributed by atoms with E-state index in [1.54, 1.807) is 0 Å². The molecule has 1 saturated carbocycles. The van der Waals surface area contributed by atoms with Crippen LogP contribution in [0.1, 0.15) is 38.5 Å². The molecule has 1 unspecified atom stereocenters. The Bertz CT molecular complexity index is 433. The van der Waals surface area contributed by atoms with Gasteiger partial charge in [-0.25, -0.2) is 0 Å². The molecule has 2 aliphatic rings. The number of hydrogen-bond donors (Lipinski definition) is 1. The average molecular weight is 257 g/mol. The van der Waals surface area contributed by atoms with Gasteiger partial charge in [0.05, 0.1) is 12.6 Å². The predicted molar refractivity (Wildman–Crippen MR) is 80.4 cm³/mol. The Labute approximate surface area is 115 Å². The molecule has 0 radical (unpaired) electrons. The first kappa shape index (κ1) is 12.5. The molecular weight excluding hydrogens is 234 g/mol. The number of nitrogens with zero attached hydrogens (tertiary/aromatic N) is 2. The van der Waals surface area contributed by atoms with E-state index in [0.29, 0.717) is 12.0 Å². The van der Waals surface area contributed by atoms with E-state index in [1.807, 2.05) is 6.07 Å². The molecular formula is C16H23N3. The predicted octanol–water partition coefficient (Wildman–Crippen LogP) is 3.16. The second-order valence-corrected chi connectivity index (χ2v) is 5.72. The molecule has 3 rings (SSSR count). The molecule has 3 nitrogen and oxygen atoms in total. The van der Waals surface area contributed by atoms with Crippen LogP contribution in [-0.4, -0.2) is 18.5 Å². The second-order valence-electron chi connectivity index (χ2n) is 5.72. The van der Waals surface area contributed by atoms with Crippen molar-refractivity contribution in [2.75, 3.05) is 11.4 Å². The van der Waals surface area contributed by atoms with Crippen LogP contribution in [0.5, 0.6) is 0 Å². The van der Waals surface area contributed by atoms with Gasteiger partial charge in [0.15, 0.2) is 5.96 Å². The highest BCUT2D eigenvalue weighted by Gasteiger charge is 2.33. The fourth-order valence-electron chi connectivity index (χ4n) is 3.48. The summed E-state index contributed by atoms with van der Waals surface area (Å²) in [5, 5.41) is 0. The average Bonchev–Trinajstić information content (AvgIpc) is 2.67. The van der Waals surface area contributed by atoms with Gasteiger partial charge in [-0.3, -0.25) is 4.99 Å². The normalized spacial score (nSPS) is 25.2. The van der Waals surface area contributed by atoms with Gasteiger partial charge in [0, 0.05) is 5.69 Å². The standard InChI is InChI=1S/C16H23N3/c17-16-18-12-15(13-8-4-1-2-5-9-13)19(16)14-10-6-3-7-11-14/h3,6-7,10-11,13,15H,1-2,4-5,8-9,12H2,(H2,17,18). The van der Waals surface area contributed by atoms with Gasteiger partial charge in [-0.05, 0) is 30.9 Å². The highest BCUT2D eigenvalue weighted by molar-refractivity contribution is 5.97. The van der Waals surface area contributed by atoms with Gasteiger partial charge in [-0.15, -0.1) is 0 Å². The summed E-state index contributed by atoms with van der Waals surface area (Å²) in [5.74, 6) is 1.44. The maximum atomic E-state index is 6.12. The second kappa shape index (κ2) is 5.64.